The fourth-order valence-electron chi connectivity index (χ4n) is 2.57. The van der Waals surface area contributed by atoms with E-state index in [1.54, 1.807) is 26.0 Å². The molecule has 1 unspecified atom stereocenters. The maximum absolute atomic E-state index is 14.2. The molecule has 0 saturated carbocycles. The van der Waals surface area contributed by atoms with E-state index in [4.69, 9.17) is 25.9 Å². The third kappa shape index (κ3) is 5.29. The number of nitrogens with zero attached hydrogens (tertiary/aromatic N) is 1. The van der Waals surface area contributed by atoms with Crippen LogP contribution in [0.2, 0.25) is 5.15 Å². The Hall–Kier alpha value is -1.53. The number of carbonyl (C=O) groups excluding carboxylic acids is 1. The van der Waals surface area contributed by atoms with Crippen molar-refractivity contribution >= 4 is 51.5 Å². The summed E-state index contributed by atoms with van der Waals surface area (Å²) in [6, 6.07) is 6.10. The van der Waals surface area contributed by atoms with Crippen molar-refractivity contribution in [3.8, 4) is 0 Å². The number of amides is 1. The molecule has 7 nitrogen and oxygen atoms in total. The number of nitrogens with one attached hydrogen (secondary N) is 2. The van der Waals surface area contributed by atoms with E-state index in [0.717, 1.165) is 3.57 Å². The van der Waals surface area contributed by atoms with Gasteiger partial charge in [0.15, 0.2) is 10.9 Å². The molecule has 1 aromatic heterocycles. The largest absolute Gasteiger partial charge is 0.350 e. The van der Waals surface area contributed by atoms with Gasteiger partial charge in [-0.3, -0.25) is 9.63 Å². The molecule has 1 aromatic carbocycles. The topological polar surface area (TPSA) is 81.7 Å². The van der Waals surface area contributed by atoms with Gasteiger partial charge in [0.1, 0.15) is 18.5 Å². The summed E-state index contributed by atoms with van der Waals surface area (Å²) < 4.78 is 25.9. The van der Waals surface area contributed by atoms with Crippen LogP contribution in [0.3, 0.4) is 0 Å². The monoisotopic (exact) mass is 521 g/mol. The van der Waals surface area contributed by atoms with Gasteiger partial charge < -0.3 is 14.8 Å². The van der Waals surface area contributed by atoms with Crippen molar-refractivity contribution in [2.24, 2.45) is 0 Å². The fourth-order valence-corrected chi connectivity index (χ4v) is 3.23. The second-order valence-corrected chi connectivity index (χ2v) is 8.07. The van der Waals surface area contributed by atoms with Gasteiger partial charge in [0.2, 0.25) is 0 Å². The summed E-state index contributed by atoms with van der Waals surface area (Å²) in [5, 5.41) is 2.85. The van der Waals surface area contributed by atoms with Crippen LogP contribution < -0.4 is 10.8 Å². The Morgan fingerprint density at radius 2 is 2.25 bits per heavy atom. The number of hydroxylamine groups is 1. The summed E-state index contributed by atoms with van der Waals surface area (Å²) in [7, 11) is 0. The number of rotatable bonds is 6. The van der Waals surface area contributed by atoms with Crippen LogP contribution in [0.1, 0.15) is 24.2 Å². The maximum atomic E-state index is 14.2. The van der Waals surface area contributed by atoms with Gasteiger partial charge in [0.05, 0.1) is 23.5 Å². The minimum Gasteiger partial charge on any atom is -0.350 e. The summed E-state index contributed by atoms with van der Waals surface area (Å²) in [6.07, 6.45) is 1.08. The molecule has 0 bridgehead atoms. The van der Waals surface area contributed by atoms with Gasteiger partial charge in [-0.05, 0) is 60.7 Å². The highest BCUT2D eigenvalue weighted by atomic mass is 127. The van der Waals surface area contributed by atoms with E-state index in [0.29, 0.717) is 6.61 Å². The number of carbonyl (C=O) groups is 1. The van der Waals surface area contributed by atoms with Gasteiger partial charge in [-0.2, -0.15) is 0 Å². The molecule has 2 aromatic rings. The average Bonchev–Trinajstić information content (AvgIpc) is 2.97. The summed E-state index contributed by atoms with van der Waals surface area (Å²) in [6.45, 7) is 4.07. The molecule has 0 radical (unpaired) electrons. The Balaban J connectivity index is 1.68. The predicted molar refractivity (Wildman–Crippen MR) is 110 cm³/mol. The lowest BCUT2D eigenvalue weighted by atomic mass is 10.2. The molecule has 1 fully saturated rings. The lowest BCUT2D eigenvalue weighted by Gasteiger charge is -2.17. The van der Waals surface area contributed by atoms with Crippen molar-refractivity contribution in [2.75, 3.05) is 18.5 Å². The van der Waals surface area contributed by atoms with Crippen LogP contribution in [-0.2, 0) is 14.3 Å². The quantitative estimate of drug-likeness (QED) is 0.339. The van der Waals surface area contributed by atoms with E-state index in [1.165, 1.54) is 18.3 Å². The average molecular weight is 522 g/mol. The number of anilines is 2. The highest BCUT2D eigenvalue weighted by molar-refractivity contribution is 14.1. The first-order valence-electron chi connectivity index (χ1n) is 8.35. The molecule has 150 valence electrons. The molecule has 1 aliphatic heterocycles. The van der Waals surface area contributed by atoms with Crippen LogP contribution in [0.25, 0.3) is 0 Å². The zero-order valence-corrected chi connectivity index (χ0v) is 18.0. The molecule has 3 rings (SSSR count). The van der Waals surface area contributed by atoms with E-state index >= 15 is 0 Å². The smallest absolute Gasteiger partial charge is 0.277 e. The summed E-state index contributed by atoms with van der Waals surface area (Å²) in [5.74, 6) is -1.71. The van der Waals surface area contributed by atoms with E-state index in [2.05, 4.69) is 15.8 Å². The lowest BCUT2D eigenvalue weighted by molar-refractivity contribution is -0.147. The molecule has 0 aliphatic carbocycles. The van der Waals surface area contributed by atoms with Crippen molar-refractivity contribution in [3.63, 3.8) is 0 Å². The first-order valence-corrected chi connectivity index (χ1v) is 9.81. The first-order chi connectivity index (χ1) is 13.2. The molecule has 0 spiro atoms. The molecule has 1 aliphatic rings. The minimum atomic E-state index is -0.675. The number of ether oxygens (including phenoxy) is 2. The molecular weight excluding hydrogens is 504 g/mol. The van der Waals surface area contributed by atoms with E-state index in [9.17, 15) is 9.18 Å². The number of halogens is 3. The van der Waals surface area contributed by atoms with E-state index in [-0.39, 0.29) is 34.8 Å². The molecule has 2 heterocycles. The van der Waals surface area contributed by atoms with Gasteiger partial charge in [0.25, 0.3) is 5.91 Å². The van der Waals surface area contributed by atoms with Gasteiger partial charge >= 0.3 is 0 Å². The van der Waals surface area contributed by atoms with Crippen LogP contribution in [0, 0.1) is 9.39 Å². The maximum Gasteiger partial charge on any atom is 0.277 e. The zero-order chi connectivity index (χ0) is 20.3. The second-order valence-electron chi connectivity index (χ2n) is 6.47. The highest BCUT2D eigenvalue weighted by Crippen LogP contribution is 2.29. The number of benzene rings is 1. The highest BCUT2D eigenvalue weighted by Gasteiger charge is 2.33. The summed E-state index contributed by atoms with van der Waals surface area (Å²) >= 11 is 8.13. The summed E-state index contributed by atoms with van der Waals surface area (Å²) in [5.41, 5.74) is 2.83. The third-order valence-electron chi connectivity index (χ3n) is 3.84. The number of aromatic nitrogens is 1. The Labute approximate surface area is 180 Å². The Morgan fingerprint density at radius 1 is 1.46 bits per heavy atom. The van der Waals surface area contributed by atoms with Crippen LogP contribution in [0.5, 0.6) is 0 Å². The van der Waals surface area contributed by atoms with Crippen molar-refractivity contribution in [2.45, 2.75) is 25.7 Å². The van der Waals surface area contributed by atoms with Crippen molar-refractivity contribution in [1.29, 1.82) is 0 Å². The Morgan fingerprint density at radius 3 is 2.93 bits per heavy atom. The normalized spacial score (nSPS) is 18.1. The summed E-state index contributed by atoms with van der Waals surface area (Å²) in [4.78, 5) is 21.7. The van der Waals surface area contributed by atoms with Crippen LogP contribution in [0.4, 0.5) is 15.8 Å². The van der Waals surface area contributed by atoms with Gasteiger partial charge in [-0.1, -0.05) is 11.6 Å². The van der Waals surface area contributed by atoms with Crippen molar-refractivity contribution in [1.82, 2.24) is 10.5 Å². The lowest BCUT2D eigenvalue weighted by Crippen LogP contribution is -2.31. The standard InChI is InChI=1S/C18H18ClFIN3O4/c1-18(2)26-8-11(28-18)9-27-24-17(25)12-5-6-22-16(19)15(12)23-14-4-3-10(21)7-13(14)20/h3-7,11,23H,8-9H2,1-2H3,(H,24,25). The molecule has 10 heteroatoms. The zero-order valence-electron chi connectivity index (χ0n) is 15.1. The molecule has 28 heavy (non-hydrogen) atoms. The first kappa shape index (κ1) is 21.2. The molecule has 1 amide bonds. The van der Waals surface area contributed by atoms with E-state index < -0.39 is 17.5 Å². The molecule has 1 saturated heterocycles. The SMILES string of the molecule is CC1(C)OCC(CONC(=O)c2ccnc(Cl)c2Nc2ccc(I)cc2F)O1. The van der Waals surface area contributed by atoms with Gasteiger partial charge in [-0.25, -0.2) is 14.9 Å². The van der Waals surface area contributed by atoms with Gasteiger partial charge in [0, 0.05) is 9.77 Å². The number of hydrogen-bond acceptors (Lipinski definition) is 6. The van der Waals surface area contributed by atoms with Gasteiger partial charge in [-0.15, -0.1) is 0 Å². The van der Waals surface area contributed by atoms with Crippen molar-refractivity contribution in [3.05, 3.63) is 50.6 Å². The Bertz CT molecular complexity index is 884. The predicted octanol–water partition coefficient (Wildman–Crippen LogP) is 4.04. The van der Waals surface area contributed by atoms with Crippen LogP contribution in [-0.4, -0.2) is 36.0 Å². The van der Waals surface area contributed by atoms with Crippen LogP contribution >= 0.6 is 34.2 Å². The van der Waals surface area contributed by atoms with Crippen LogP contribution in [0.15, 0.2) is 30.5 Å². The second kappa shape index (κ2) is 8.87. The molecular formula is C18H18ClFIN3O4. The molecule has 2 N–H and O–H groups in total. The minimum absolute atomic E-state index is 0.0277. The van der Waals surface area contributed by atoms with Crippen molar-refractivity contribution < 1.29 is 23.5 Å². The Kier molecular flexibility index (Phi) is 6.71. The fraction of sp³-hybridized carbons (Fsp3) is 0.333. The third-order valence-corrected chi connectivity index (χ3v) is 4.80. The number of pyridine rings is 1. The molecule has 1 atom stereocenters. The van der Waals surface area contributed by atoms with E-state index in [1.807, 2.05) is 22.6 Å². The number of hydrogen-bond donors (Lipinski definition) is 2.